The summed E-state index contributed by atoms with van der Waals surface area (Å²) in [5.41, 5.74) is 5.31. The summed E-state index contributed by atoms with van der Waals surface area (Å²) >= 11 is 0. The van der Waals surface area contributed by atoms with Crippen molar-refractivity contribution in [3.05, 3.63) is 53.1 Å². The van der Waals surface area contributed by atoms with Gasteiger partial charge in [-0.3, -0.25) is 0 Å². The number of fused-ring (bicyclic) bond motifs is 1. The minimum Gasteiger partial charge on any atom is -0.348 e. The van der Waals surface area contributed by atoms with Crippen LogP contribution in [0.5, 0.6) is 0 Å². The third-order valence-electron chi connectivity index (χ3n) is 4.29. The molecular formula is C16H21N3. The van der Waals surface area contributed by atoms with Gasteiger partial charge in [0.1, 0.15) is 0 Å². The number of aromatic amines is 1. The largest absolute Gasteiger partial charge is 0.348 e. The smallest absolute Gasteiger partial charge is 0.0926 e. The summed E-state index contributed by atoms with van der Waals surface area (Å²) in [7, 11) is 0. The van der Waals surface area contributed by atoms with Crippen LogP contribution in [0.4, 0.5) is 0 Å². The Morgan fingerprint density at radius 3 is 3.00 bits per heavy atom. The van der Waals surface area contributed by atoms with Gasteiger partial charge in [0.05, 0.1) is 17.6 Å². The van der Waals surface area contributed by atoms with Crippen molar-refractivity contribution in [2.45, 2.75) is 38.6 Å². The summed E-state index contributed by atoms with van der Waals surface area (Å²) in [5, 5.41) is 3.64. The molecule has 0 aliphatic carbocycles. The zero-order valence-electron chi connectivity index (χ0n) is 11.7. The Balaban J connectivity index is 1.79. The molecule has 1 unspecified atom stereocenters. The van der Waals surface area contributed by atoms with E-state index in [-0.39, 0.29) is 5.54 Å². The van der Waals surface area contributed by atoms with Crippen molar-refractivity contribution < 1.29 is 0 Å². The maximum atomic E-state index is 4.53. The van der Waals surface area contributed by atoms with Gasteiger partial charge in [0.15, 0.2) is 0 Å². The van der Waals surface area contributed by atoms with Crippen molar-refractivity contribution >= 4 is 0 Å². The highest BCUT2D eigenvalue weighted by Crippen LogP contribution is 2.30. The lowest BCUT2D eigenvalue weighted by molar-refractivity contribution is 0.314. The molecule has 1 aliphatic rings. The maximum absolute atomic E-state index is 4.53. The standard InChI is InChI=1S/C16H21N3/c1-12-5-3-4-6-13(12)7-9-16(2)15-14(8-10-19-16)17-11-18-15/h3-6,11,19H,7-10H2,1-2H3,(H,17,18). The van der Waals surface area contributed by atoms with E-state index >= 15 is 0 Å². The van der Waals surface area contributed by atoms with Gasteiger partial charge in [-0.2, -0.15) is 0 Å². The monoisotopic (exact) mass is 255 g/mol. The van der Waals surface area contributed by atoms with E-state index in [4.69, 9.17) is 0 Å². The fourth-order valence-electron chi connectivity index (χ4n) is 3.02. The van der Waals surface area contributed by atoms with Gasteiger partial charge in [0, 0.05) is 18.7 Å². The molecule has 3 heteroatoms. The van der Waals surface area contributed by atoms with E-state index in [1.54, 1.807) is 0 Å². The first-order valence-corrected chi connectivity index (χ1v) is 7.01. The number of nitrogens with one attached hydrogen (secondary N) is 2. The third kappa shape index (κ3) is 2.30. The van der Waals surface area contributed by atoms with Crippen molar-refractivity contribution in [2.24, 2.45) is 0 Å². The normalized spacial score (nSPS) is 22.2. The zero-order valence-corrected chi connectivity index (χ0v) is 11.7. The molecule has 3 nitrogen and oxygen atoms in total. The first-order chi connectivity index (χ1) is 9.19. The number of benzene rings is 1. The molecule has 2 N–H and O–H groups in total. The summed E-state index contributed by atoms with van der Waals surface area (Å²) < 4.78 is 0. The topological polar surface area (TPSA) is 40.7 Å². The first-order valence-electron chi connectivity index (χ1n) is 7.01. The van der Waals surface area contributed by atoms with Gasteiger partial charge in [-0.05, 0) is 37.8 Å². The quantitative estimate of drug-likeness (QED) is 0.885. The van der Waals surface area contributed by atoms with Crippen LogP contribution in [0.2, 0.25) is 0 Å². The number of aromatic nitrogens is 2. The Kier molecular flexibility index (Phi) is 3.15. The molecule has 0 fully saturated rings. The van der Waals surface area contributed by atoms with Crippen molar-refractivity contribution in [1.29, 1.82) is 0 Å². The number of nitrogens with zero attached hydrogens (tertiary/aromatic N) is 1. The minimum absolute atomic E-state index is 0.00410. The van der Waals surface area contributed by atoms with Gasteiger partial charge >= 0.3 is 0 Å². The molecule has 1 aliphatic heterocycles. The average Bonchev–Trinajstić information content (AvgIpc) is 2.88. The predicted octanol–water partition coefficient (Wildman–Crippen LogP) is 2.71. The van der Waals surface area contributed by atoms with Gasteiger partial charge in [0.2, 0.25) is 0 Å². The van der Waals surface area contributed by atoms with Crippen LogP contribution in [0, 0.1) is 6.92 Å². The summed E-state index contributed by atoms with van der Waals surface area (Å²) in [5.74, 6) is 0. The van der Waals surface area contributed by atoms with Gasteiger partial charge < -0.3 is 10.3 Å². The molecule has 1 aromatic heterocycles. The second-order valence-electron chi connectivity index (χ2n) is 5.67. The summed E-state index contributed by atoms with van der Waals surface area (Å²) in [6, 6.07) is 8.64. The van der Waals surface area contributed by atoms with Crippen LogP contribution < -0.4 is 5.32 Å². The van der Waals surface area contributed by atoms with Crippen LogP contribution in [0.3, 0.4) is 0 Å². The Labute approximate surface area is 114 Å². The minimum atomic E-state index is -0.00410. The van der Waals surface area contributed by atoms with Gasteiger partial charge in [-0.25, -0.2) is 4.98 Å². The molecule has 0 saturated carbocycles. The van der Waals surface area contributed by atoms with Crippen LogP contribution in [0.1, 0.15) is 35.9 Å². The molecule has 0 bridgehead atoms. The molecule has 0 spiro atoms. The van der Waals surface area contributed by atoms with Crippen LogP contribution in [-0.2, 0) is 18.4 Å². The van der Waals surface area contributed by atoms with Crippen molar-refractivity contribution in [2.75, 3.05) is 6.54 Å². The summed E-state index contributed by atoms with van der Waals surface area (Å²) in [6.45, 7) is 5.48. The molecule has 100 valence electrons. The average molecular weight is 255 g/mol. The highest BCUT2D eigenvalue weighted by molar-refractivity contribution is 5.28. The zero-order chi connectivity index (χ0) is 13.3. The Morgan fingerprint density at radius 2 is 2.16 bits per heavy atom. The first kappa shape index (κ1) is 12.4. The molecule has 0 saturated heterocycles. The fourth-order valence-corrected chi connectivity index (χ4v) is 3.02. The summed E-state index contributed by atoms with van der Waals surface area (Å²) in [4.78, 5) is 7.80. The highest BCUT2D eigenvalue weighted by atomic mass is 15.1. The van der Waals surface area contributed by atoms with E-state index in [1.165, 1.54) is 22.5 Å². The second kappa shape index (κ2) is 4.82. The number of imidazole rings is 1. The Bertz CT molecular complexity index is 573. The molecule has 19 heavy (non-hydrogen) atoms. The van der Waals surface area contributed by atoms with E-state index in [0.29, 0.717) is 0 Å². The molecule has 3 rings (SSSR count). The lowest BCUT2D eigenvalue weighted by Crippen LogP contribution is -2.45. The molecule has 1 atom stereocenters. The molecule has 0 radical (unpaired) electrons. The summed E-state index contributed by atoms with van der Waals surface area (Å²) in [6.07, 6.45) is 5.04. The van der Waals surface area contributed by atoms with E-state index in [1.807, 2.05) is 6.33 Å². The van der Waals surface area contributed by atoms with E-state index in [0.717, 1.165) is 25.8 Å². The molecule has 2 aromatic rings. The third-order valence-corrected chi connectivity index (χ3v) is 4.29. The van der Waals surface area contributed by atoms with E-state index in [9.17, 15) is 0 Å². The SMILES string of the molecule is Cc1ccccc1CCC1(C)NCCc2[nH]cnc21. The van der Waals surface area contributed by atoms with E-state index < -0.39 is 0 Å². The lowest BCUT2D eigenvalue weighted by atomic mass is 9.85. The van der Waals surface area contributed by atoms with Crippen molar-refractivity contribution in [1.82, 2.24) is 15.3 Å². The van der Waals surface area contributed by atoms with E-state index in [2.05, 4.69) is 53.4 Å². The number of rotatable bonds is 3. The number of H-pyrrole nitrogens is 1. The maximum Gasteiger partial charge on any atom is 0.0926 e. The lowest BCUT2D eigenvalue weighted by Gasteiger charge is -2.34. The van der Waals surface area contributed by atoms with Crippen LogP contribution >= 0.6 is 0 Å². The Hall–Kier alpha value is -1.61. The molecule has 0 amide bonds. The predicted molar refractivity (Wildman–Crippen MR) is 77.1 cm³/mol. The van der Waals surface area contributed by atoms with Crippen LogP contribution in [0.15, 0.2) is 30.6 Å². The second-order valence-corrected chi connectivity index (χ2v) is 5.67. The molecule has 1 aromatic carbocycles. The van der Waals surface area contributed by atoms with Crippen molar-refractivity contribution in [3.8, 4) is 0 Å². The van der Waals surface area contributed by atoms with Crippen LogP contribution in [-0.4, -0.2) is 16.5 Å². The highest BCUT2D eigenvalue weighted by Gasteiger charge is 2.33. The molecule has 2 heterocycles. The van der Waals surface area contributed by atoms with Gasteiger partial charge in [0.25, 0.3) is 0 Å². The van der Waals surface area contributed by atoms with Crippen LogP contribution in [0.25, 0.3) is 0 Å². The van der Waals surface area contributed by atoms with Gasteiger partial charge in [-0.1, -0.05) is 24.3 Å². The number of hydrogen-bond acceptors (Lipinski definition) is 2. The number of hydrogen-bond donors (Lipinski definition) is 2. The fraction of sp³-hybridized carbons (Fsp3) is 0.438. The van der Waals surface area contributed by atoms with Crippen molar-refractivity contribution in [3.63, 3.8) is 0 Å². The molecular weight excluding hydrogens is 234 g/mol. The number of aryl methyl sites for hydroxylation is 2. The Morgan fingerprint density at radius 1 is 1.32 bits per heavy atom. The van der Waals surface area contributed by atoms with Gasteiger partial charge in [-0.15, -0.1) is 0 Å².